The highest BCUT2D eigenvalue weighted by molar-refractivity contribution is 5.89. The molecule has 2 aliphatic heterocycles. The summed E-state index contributed by atoms with van der Waals surface area (Å²) in [5.74, 6) is -0.555. The fourth-order valence-corrected chi connectivity index (χ4v) is 4.33. The molecule has 35 heavy (non-hydrogen) atoms. The number of nitrogens with one attached hydrogen (secondary N) is 3. The molecule has 0 radical (unpaired) electrons. The van der Waals surface area contributed by atoms with Gasteiger partial charge in [-0.05, 0) is 38.0 Å². The Labute approximate surface area is 200 Å². The van der Waals surface area contributed by atoms with Crippen molar-refractivity contribution >= 4 is 11.7 Å². The van der Waals surface area contributed by atoms with Crippen LogP contribution in [0.5, 0.6) is 11.5 Å². The van der Waals surface area contributed by atoms with E-state index in [1.807, 2.05) is 6.92 Å². The molecule has 0 aliphatic carbocycles. The van der Waals surface area contributed by atoms with Crippen molar-refractivity contribution in [3.05, 3.63) is 53.8 Å². The van der Waals surface area contributed by atoms with Crippen molar-refractivity contribution in [3.8, 4) is 11.5 Å². The summed E-state index contributed by atoms with van der Waals surface area (Å²) in [4.78, 5) is 12.6. The first kappa shape index (κ1) is 25.1. The molecule has 4 atom stereocenters. The van der Waals surface area contributed by atoms with Crippen LogP contribution in [0.25, 0.3) is 0 Å². The predicted octanol–water partition coefficient (Wildman–Crippen LogP) is 4.68. The highest BCUT2D eigenvalue weighted by atomic mass is 19.4. The monoisotopic (exact) mass is 497 g/mol. The van der Waals surface area contributed by atoms with Gasteiger partial charge in [-0.3, -0.25) is 5.32 Å². The molecule has 2 aromatic rings. The maximum atomic E-state index is 13.9. The van der Waals surface area contributed by atoms with Gasteiger partial charge in [0.25, 0.3) is 0 Å². The summed E-state index contributed by atoms with van der Waals surface area (Å²) in [5.41, 5.74) is -2.19. The molecule has 3 N–H and O–H groups in total. The smallest absolute Gasteiger partial charge is 0.421 e. The van der Waals surface area contributed by atoms with Crippen LogP contribution in [-0.2, 0) is 10.3 Å². The molecule has 0 bridgehead atoms. The lowest BCUT2D eigenvalue weighted by Gasteiger charge is -2.44. The summed E-state index contributed by atoms with van der Waals surface area (Å²) < 4.78 is 71.4. The van der Waals surface area contributed by atoms with Gasteiger partial charge in [-0.15, -0.1) is 0 Å². The number of piperidine rings is 1. The van der Waals surface area contributed by atoms with E-state index in [4.69, 9.17) is 14.2 Å². The first-order chi connectivity index (χ1) is 16.6. The standard InChI is InChI=1S/C24H27F4N3O4/c1-14-7-10-18(31-22(32)30-15-8-9-17(25)20(13-15)33-2)21(29-14)35-19-6-4-3-5-16(19)23(11-12-34-23)24(26,27)28/h3-6,8-9,13-14,18,21,29H,7,10-12H2,1-2H3,(H2,30,31,32)/t14?,18?,21?,23-/m0/s1. The summed E-state index contributed by atoms with van der Waals surface area (Å²) in [6.07, 6.45) is -4.35. The number of ether oxygens (including phenoxy) is 3. The minimum atomic E-state index is -4.61. The second-order valence-electron chi connectivity index (χ2n) is 8.66. The first-order valence-electron chi connectivity index (χ1n) is 11.3. The van der Waals surface area contributed by atoms with Gasteiger partial charge in [0.2, 0.25) is 0 Å². The van der Waals surface area contributed by atoms with E-state index in [0.29, 0.717) is 18.5 Å². The number of hydrogen-bond acceptors (Lipinski definition) is 5. The number of para-hydroxylation sites is 1. The number of anilines is 1. The van der Waals surface area contributed by atoms with Gasteiger partial charge in [0.15, 0.2) is 23.4 Å². The lowest BCUT2D eigenvalue weighted by Crippen LogP contribution is -2.59. The van der Waals surface area contributed by atoms with E-state index in [1.54, 1.807) is 6.07 Å². The average molecular weight is 497 g/mol. The van der Waals surface area contributed by atoms with E-state index < -0.39 is 35.9 Å². The number of urea groups is 1. The van der Waals surface area contributed by atoms with Crippen LogP contribution in [0.3, 0.4) is 0 Å². The zero-order valence-corrected chi connectivity index (χ0v) is 19.2. The van der Waals surface area contributed by atoms with Crippen molar-refractivity contribution in [3.63, 3.8) is 0 Å². The quantitative estimate of drug-likeness (QED) is 0.505. The maximum Gasteiger partial charge on any atom is 0.421 e. The van der Waals surface area contributed by atoms with Gasteiger partial charge in [0.1, 0.15) is 5.75 Å². The molecule has 0 saturated carbocycles. The number of amides is 2. The molecule has 2 fully saturated rings. The number of hydrogen-bond donors (Lipinski definition) is 3. The van der Waals surface area contributed by atoms with Crippen molar-refractivity contribution in [1.82, 2.24) is 10.6 Å². The van der Waals surface area contributed by atoms with Gasteiger partial charge in [0.05, 0.1) is 19.8 Å². The van der Waals surface area contributed by atoms with Gasteiger partial charge in [-0.25, -0.2) is 9.18 Å². The second-order valence-corrected chi connectivity index (χ2v) is 8.66. The summed E-state index contributed by atoms with van der Waals surface area (Å²) in [6.45, 7) is 1.93. The van der Waals surface area contributed by atoms with Gasteiger partial charge in [0, 0.05) is 29.8 Å². The van der Waals surface area contributed by atoms with Crippen molar-refractivity contribution in [1.29, 1.82) is 0 Å². The number of methoxy groups -OCH3 is 1. The molecule has 3 unspecified atom stereocenters. The van der Waals surface area contributed by atoms with Crippen LogP contribution in [-0.4, -0.2) is 44.2 Å². The van der Waals surface area contributed by atoms with Gasteiger partial charge in [-0.1, -0.05) is 18.2 Å². The van der Waals surface area contributed by atoms with Crippen LogP contribution in [0, 0.1) is 5.82 Å². The molecule has 4 rings (SSSR count). The van der Waals surface area contributed by atoms with Crippen LogP contribution >= 0.6 is 0 Å². The third-order valence-corrected chi connectivity index (χ3v) is 6.29. The predicted molar refractivity (Wildman–Crippen MR) is 120 cm³/mol. The van der Waals surface area contributed by atoms with Gasteiger partial charge < -0.3 is 24.8 Å². The SMILES string of the molecule is COc1cc(NC(=O)NC2CCC(C)NC2Oc2ccccc2[C@]2(C(F)(F)F)CCO2)ccc1F. The largest absolute Gasteiger partial charge is 0.494 e. The Hall–Kier alpha value is -3.05. The Morgan fingerprint density at radius 3 is 2.57 bits per heavy atom. The minimum absolute atomic E-state index is 0.00504. The Kier molecular flexibility index (Phi) is 7.09. The van der Waals surface area contributed by atoms with Crippen molar-refractivity contribution in [2.24, 2.45) is 0 Å². The number of alkyl halides is 3. The summed E-state index contributed by atoms with van der Waals surface area (Å²) >= 11 is 0. The minimum Gasteiger partial charge on any atom is -0.494 e. The Morgan fingerprint density at radius 1 is 1.17 bits per heavy atom. The number of halogens is 4. The second kappa shape index (κ2) is 9.90. The zero-order chi connectivity index (χ0) is 25.2. The fourth-order valence-electron chi connectivity index (χ4n) is 4.33. The van der Waals surface area contributed by atoms with Crippen LogP contribution < -0.4 is 25.4 Å². The van der Waals surface area contributed by atoms with Gasteiger partial charge >= 0.3 is 12.2 Å². The number of carbonyl (C=O) groups is 1. The van der Waals surface area contributed by atoms with E-state index in [1.165, 1.54) is 43.5 Å². The molecule has 7 nitrogen and oxygen atoms in total. The third kappa shape index (κ3) is 5.15. The molecule has 2 amide bonds. The number of benzene rings is 2. The van der Waals surface area contributed by atoms with Gasteiger partial charge in [-0.2, -0.15) is 13.2 Å². The van der Waals surface area contributed by atoms with E-state index in [2.05, 4.69) is 16.0 Å². The van der Waals surface area contributed by atoms with E-state index in [0.717, 1.165) is 0 Å². The molecule has 0 spiro atoms. The first-order valence-corrected chi connectivity index (χ1v) is 11.3. The number of rotatable bonds is 6. The molecular weight excluding hydrogens is 470 g/mol. The van der Waals surface area contributed by atoms with E-state index in [9.17, 15) is 22.4 Å². The molecule has 11 heteroatoms. The maximum absolute atomic E-state index is 13.9. The fraction of sp³-hybridized carbons (Fsp3) is 0.458. The summed E-state index contributed by atoms with van der Waals surface area (Å²) in [6, 6.07) is 8.71. The molecule has 0 aromatic heterocycles. The summed E-state index contributed by atoms with van der Waals surface area (Å²) in [7, 11) is 1.31. The van der Waals surface area contributed by atoms with E-state index >= 15 is 0 Å². The van der Waals surface area contributed by atoms with Crippen molar-refractivity contribution < 1.29 is 36.6 Å². The molecule has 190 valence electrons. The Balaban J connectivity index is 1.51. The summed E-state index contributed by atoms with van der Waals surface area (Å²) in [5, 5.41) is 8.62. The average Bonchev–Trinajstić information content (AvgIpc) is 2.76. The van der Waals surface area contributed by atoms with Crippen LogP contribution in [0.2, 0.25) is 0 Å². The molecular formula is C24H27F4N3O4. The van der Waals surface area contributed by atoms with E-state index in [-0.39, 0.29) is 36.1 Å². The zero-order valence-electron chi connectivity index (χ0n) is 19.2. The van der Waals surface area contributed by atoms with Crippen molar-refractivity contribution in [2.45, 2.75) is 56.3 Å². The highest BCUT2D eigenvalue weighted by Crippen LogP contribution is 2.52. The molecule has 2 heterocycles. The number of carbonyl (C=O) groups excluding carboxylic acids is 1. The molecule has 2 saturated heterocycles. The van der Waals surface area contributed by atoms with Crippen LogP contribution in [0.4, 0.5) is 28.0 Å². The van der Waals surface area contributed by atoms with Crippen LogP contribution in [0.1, 0.15) is 31.7 Å². The Bertz CT molecular complexity index is 1060. The highest BCUT2D eigenvalue weighted by Gasteiger charge is 2.62. The lowest BCUT2D eigenvalue weighted by atomic mass is 9.85. The van der Waals surface area contributed by atoms with Crippen LogP contribution in [0.15, 0.2) is 42.5 Å². The third-order valence-electron chi connectivity index (χ3n) is 6.29. The molecule has 2 aromatic carbocycles. The van der Waals surface area contributed by atoms with Crippen molar-refractivity contribution in [2.75, 3.05) is 19.0 Å². The topological polar surface area (TPSA) is 80.9 Å². The lowest BCUT2D eigenvalue weighted by molar-refractivity contribution is -0.334. The normalized spacial score (nSPS) is 26.4. The molecule has 2 aliphatic rings. The Morgan fingerprint density at radius 2 is 1.91 bits per heavy atom.